The van der Waals surface area contributed by atoms with Crippen molar-refractivity contribution in [1.82, 2.24) is 20.3 Å². The molecule has 1 N–H and O–H groups in total. The van der Waals surface area contributed by atoms with Gasteiger partial charge in [0.15, 0.2) is 5.82 Å². The van der Waals surface area contributed by atoms with Crippen molar-refractivity contribution in [2.45, 2.75) is 38.1 Å². The van der Waals surface area contributed by atoms with Gasteiger partial charge in [-0.25, -0.2) is 9.97 Å². The first-order valence-corrected chi connectivity index (χ1v) is 9.87. The monoisotopic (exact) mass is 392 g/mol. The smallest absolute Gasteiger partial charge is 0.220 e. The van der Waals surface area contributed by atoms with Crippen LogP contribution in [0.5, 0.6) is 0 Å². The van der Waals surface area contributed by atoms with E-state index in [4.69, 9.17) is 16.6 Å². The zero-order valence-electron chi connectivity index (χ0n) is 15.4. The normalized spacial score (nSPS) is 15.7. The second kappa shape index (κ2) is 8.48. The molecule has 5 nitrogen and oxygen atoms in total. The Labute approximate surface area is 169 Å². The van der Waals surface area contributed by atoms with Gasteiger partial charge in [0.2, 0.25) is 5.91 Å². The van der Waals surface area contributed by atoms with Crippen LogP contribution in [0.1, 0.15) is 42.1 Å². The summed E-state index contributed by atoms with van der Waals surface area (Å²) < 4.78 is 0. The quantitative estimate of drug-likeness (QED) is 0.702. The third-order valence-corrected chi connectivity index (χ3v) is 5.26. The fraction of sp³-hybridized carbons (Fsp3) is 0.273. The number of aryl methyl sites for hydroxylation is 2. The second-order valence-electron chi connectivity index (χ2n) is 6.97. The molecule has 1 aliphatic carbocycles. The molecule has 0 unspecified atom stereocenters. The van der Waals surface area contributed by atoms with Gasteiger partial charge in [0.05, 0.1) is 6.04 Å². The Kier molecular flexibility index (Phi) is 5.63. The van der Waals surface area contributed by atoms with Gasteiger partial charge in [-0.2, -0.15) is 0 Å². The third-order valence-electron chi connectivity index (χ3n) is 5.01. The van der Waals surface area contributed by atoms with E-state index in [0.717, 1.165) is 41.6 Å². The Balaban J connectivity index is 1.42. The lowest BCUT2D eigenvalue weighted by atomic mass is 9.92. The molecule has 0 saturated carbocycles. The summed E-state index contributed by atoms with van der Waals surface area (Å²) in [5.74, 6) is 0.752. The number of carbonyl (C=O) groups is 1. The molecule has 0 saturated heterocycles. The van der Waals surface area contributed by atoms with Crippen LogP contribution in [-0.4, -0.2) is 20.9 Å². The van der Waals surface area contributed by atoms with Gasteiger partial charge in [0.1, 0.15) is 0 Å². The summed E-state index contributed by atoms with van der Waals surface area (Å²) in [6.45, 7) is 0. The van der Waals surface area contributed by atoms with Crippen LogP contribution >= 0.6 is 11.6 Å². The number of carbonyl (C=O) groups excluding carboxylic acids is 1. The Morgan fingerprint density at radius 1 is 1.14 bits per heavy atom. The van der Waals surface area contributed by atoms with Crippen LogP contribution in [0, 0.1) is 0 Å². The van der Waals surface area contributed by atoms with E-state index in [0.29, 0.717) is 23.7 Å². The number of nitrogens with one attached hydrogen (secondary N) is 1. The van der Waals surface area contributed by atoms with Gasteiger partial charge in [0.25, 0.3) is 0 Å². The molecule has 1 atom stereocenters. The predicted octanol–water partition coefficient (Wildman–Crippen LogP) is 4.32. The van der Waals surface area contributed by atoms with Crippen molar-refractivity contribution in [2.75, 3.05) is 0 Å². The number of benzene rings is 1. The minimum absolute atomic E-state index is 0.0204. The average molecular weight is 393 g/mol. The molecule has 142 valence electrons. The molecule has 1 amide bonds. The topological polar surface area (TPSA) is 67.8 Å². The maximum Gasteiger partial charge on any atom is 0.220 e. The summed E-state index contributed by atoms with van der Waals surface area (Å²) in [6.07, 6.45) is 9.31. The number of aromatic nitrogens is 3. The lowest BCUT2D eigenvalue weighted by Crippen LogP contribution is -2.31. The van der Waals surface area contributed by atoms with Gasteiger partial charge >= 0.3 is 0 Å². The summed E-state index contributed by atoms with van der Waals surface area (Å²) >= 11 is 5.91. The van der Waals surface area contributed by atoms with Gasteiger partial charge in [-0.1, -0.05) is 23.7 Å². The molecule has 3 aromatic rings. The number of nitrogens with zero attached hydrogens (tertiary/aromatic N) is 3. The Morgan fingerprint density at radius 2 is 1.93 bits per heavy atom. The lowest BCUT2D eigenvalue weighted by molar-refractivity contribution is -0.121. The number of amides is 1. The first kappa shape index (κ1) is 18.6. The number of halogens is 1. The average Bonchev–Trinajstić information content (AvgIpc) is 2.74. The summed E-state index contributed by atoms with van der Waals surface area (Å²) in [5.41, 5.74) is 4.11. The van der Waals surface area contributed by atoms with Gasteiger partial charge in [-0.05, 0) is 55.5 Å². The summed E-state index contributed by atoms with van der Waals surface area (Å²) in [4.78, 5) is 25.8. The predicted molar refractivity (Wildman–Crippen MR) is 109 cm³/mol. The SMILES string of the molecule is O=C(CCc1ccc(Cl)cc1)N[C@@H]1CCCc2nc(-c3ccncc3)ncc21. The molecule has 2 aromatic heterocycles. The van der Waals surface area contributed by atoms with Gasteiger partial charge in [0, 0.05) is 46.9 Å². The molecule has 1 aliphatic rings. The van der Waals surface area contributed by atoms with Crippen LogP contribution in [0.15, 0.2) is 55.0 Å². The van der Waals surface area contributed by atoms with Crippen molar-refractivity contribution < 1.29 is 4.79 Å². The highest BCUT2D eigenvalue weighted by atomic mass is 35.5. The van der Waals surface area contributed by atoms with E-state index in [1.807, 2.05) is 42.6 Å². The Hall–Kier alpha value is -2.79. The number of rotatable bonds is 5. The van der Waals surface area contributed by atoms with Gasteiger partial charge in [-0.15, -0.1) is 0 Å². The molecule has 0 bridgehead atoms. The molecule has 0 radical (unpaired) electrons. The maximum atomic E-state index is 12.5. The number of hydrogen-bond donors (Lipinski definition) is 1. The molecule has 28 heavy (non-hydrogen) atoms. The molecular formula is C22H21ClN4O. The van der Waals surface area contributed by atoms with Crippen molar-refractivity contribution in [3.63, 3.8) is 0 Å². The highest BCUT2D eigenvalue weighted by molar-refractivity contribution is 6.30. The fourth-order valence-corrected chi connectivity index (χ4v) is 3.64. The van der Waals surface area contributed by atoms with Crippen molar-refractivity contribution in [3.05, 3.63) is 76.8 Å². The van der Waals surface area contributed by atoms with Gasteiger partial charge < -0.3 is 5.32 Å². The third kappa shape index (κ3) is 4.37. The van der Waals surface area contributed by atoms with Crippen LogP contribution in [0.3, 0.4) is 0 Å². The standard InChI is InChI=1S/C22H21ClN4O/c23-17-7-4-15(5-8-17)6-9-21(28)26-19-2-1-3-20-18(19)14-25-22(27-20)16-10-12-24-13-11-16/h4-5,7-8,10-14,19H,1-3,6,9H2,(H,26,28)/t19-/m1/s1. The molecule has 1 aromatic carbocycles. The molecule has 6 heteroatoms. The lowest BCUT2D eigenvalue weighted by Gasteiger charge is -2.25. The minimum atomic E-state index is -0.0204. The molecule has 0 fully saturated rings. The zero-order chi connectivity index (χ0) is 19.3. The number of pyridine rings is 1. The summed E-state index contributed by atoms with van der Waals surface area (Å²) in [5, 5.41) is 3.87. The highest BCUT2D eigenvalue weighted by Gasteiger charge is 2.24. The van der Waals surface area contributed by atoms with Crippen molar-refractivity contribution in [2.24, 2.45) is 0 Å². The van der Waals surface area contributed by atoms with E-state index in [-0.39, 0.29) is 11.9 Å². The Morgan fingerprint density at radius 3 is 2.71 bits per heavy atom. The van der Waals surface area contributed by atoms with Crippen LogP contribution in [0.2, 0.25) is 5.02 Å². The van der Waals surface area contributed by atoms with Crippen molar-refractivity contribution in [3.8, 4) is 11.4 Å². The molecule has 0 aliphatic heterocycles. The second-order valence-corrected chi connectivity index (χ2v) is 7.41. The first-order chi connectivity index (χ1) is 13.7. The first-order valence-electron chi connectivity index (χ1n) is 9.49. The van der Waals surface area contributed by atoms with E-state index < -0.39 is 0 Å². The van der Waals surface area contributed by atoms with E-state index in [9.17, 15) is 4.79 Å². The maximum absolute atomic E-state index is 12.5. The fourth-order valence-electron chi connectivity index (χ4n) is 3.51. The van der Waals surface area contributed by atoms with E-state index in [2.05, 4.69) is 15.3 Å². The highest BCUT2D eigenvalue weighted by Crippen LogP contribution is 2.29. The molecular weight excluding hydrogens is 372 g/mol. The van der Waals surface area contributed by atoms with E-state index in [1.54, 1.807) is 12.4 Å². The molecule has 4 rings (SSSR count). The molecule has 2 heterocycles. The zero-order valence-corrected chi connectivity index (χ0v) is 16.2. The number of hydrogen-bond acceptors (Lipinski definition) is 4. The molecule has 0 spiro atoms. The number of fused-ring (bicyclic) bond motifs is 1. The van der Waals surface area contributed by atoms with Crippen LogP contribution in [0.4, 0.5) is 0 Å². The Bertz CT molecular complexity index is 960. The minimum Gasteiger partial charge on any atom is -0.349 e. The van der Waals surface area contributed by atoms with Crippen LogP contribution in [-0.2, 0) is 17.6 Å². The summed E-state index contributed by atoms with van der Waals surface area (Å²) in [7, 11) is 0. The summed E-state index contributed by atoms with van der Waals surface area (Å²) in [6, 6.07) is 11.4. The van der Waals surface area contributed by atoms with Crippen molar-refractivity contribution in [1.29, 1.82) is 0 Å². The van der Waals surface area contributed by atoms with Gasteiger partial charge in [-0.3, -0.25) is 9.78 Å². The van der Waals surface area contributed by atoms with Crippen LogP contribution in [0.25, 0.3) is 11.4 Å². The van der Waals surface area contributed by atoms with Crippen LogP contribution < -0.4 is 5.32 Å². The van der Waals surface area contributed by atoms with E-state index in [1.165, 1.54) is 0 Å². The largest absolute Gasteiger partial charge is 0.349 e. The van der Waals surface area contributed by atoms with E-state index >= 15 is 0 Å². The van der Waals surface area contributed by atoms with Crippen molar-refractivity contribution >= 4 is 17.5 Å².